The normalized spacial score (nSPS) is 11.2. The number of sulfone groups is 1. The first-order valence-corrected chi connectivity index (χ1v) is 7.63. The van der Waals surface area contributed by atoms with Gasteiger partial charge in [0, 0.05) is 24.2 Å². The largest absolute Gasteiger partial charge is 0.351 e. The zero-order chi connectivity index (χ0) is 12.9. The molecule has 0 unspecified atom stereocenters. The fourth-order valence-electron chi connectivity index (χ4n) is 1.25. The summed E-state index contributed by atoms with van der Waals surface area (Å²) in [6, 6.07) is 6.90. The maximum absolute atomic E-state index is 11.6. The monoisotopic (exact) mass is 275 g/mol. The van der Waals surface area contributed by atoms with Gasteiger partial charge in [-0.3, -0.25) is 4.79 Å². The molecule has 4 nitrogen and oxygen atoms in total. The third-order valence-corrected chi connectivity index (χ3v) is 3.36. The molecule has 0 aromatic heterocycles. The highest BCUT2D eigenvalue weighted by Gasteiger charge is 2.07. The Kier molecular flexibility index (Phi) is 4.96. The van der Waals surface area contributed by atoms with E-state index in [9.17, 15) is 13.2 Å². The van der Waals surface area contributed by atoms with E-state index < -0.39 is 9.84 Å². The van der Waals surface area contributed by atoms with Gasteiger partial charge in [0.25, 0.3) is 5.91 Å². The molecule has 0 radical (unpaired) electrons. The Morgan fingerprint density at radius 1 is 1.41 bits per heavy atom. The third-order valence-electron chi connectivity index (χ3n) is 2.10. The van der Waals surface area contributed by atoms with Crippen molar-refractivity contribution in [1.82, 2.24) is 5.32 Å². The Balaban J connectivity index is 2.58. The van der Waals surface area contributed by atoms with Crippen molar-refractivity contribution in [3.8, 4) is 0 Å². The van der Waals surface area contributed by atoms with Crippen molar-refractivity contribution in [2.45, 2.75) is 5.88 Å². The van der Waals surface area contributed by atoms with E-state index in [2.05, 4.69) is 5.32 Å². The van der Waals surface area contributed by atoms with Crippen molar-refractivity contribution in [3.63, 3.8) is 0 Å². The molecule has 1 amide bonds. The summed E-state index contributed by atoms with van der Waals surface area (Å²) in [4.78, 5) is 11.6. The van der Waals surface area contributed by atoms with Crippen molar-refractivity contribution in [2.24, 2.45) is 0 Å². The van der Waals surface area contributed by atoms with Crippen LogP contribution in [0.1, 0.15) is 15.9 Å². The minimum Gasteiger partial charge on any atom is -0.351 e. The molecule has 1 N–H and O–H groups in total. The molecule has 0 spiro atoms. The number of hydrogen-bond acceptors (Lipinski definition) is 3. The number of rotatable bonds is 5. The van der Waals surface area contributed by atoms with E-state index in [1.165, 1.54) is 0 Å². The van der Waals surface area contributed by atoms with Gasteiger partial charge in [-0.05, 0) is 17.7 Å². The minimum atomic E-state index is -3.05. The predicted octanol–water partition coefficient (Wildman–Crippen LogP) is 1.20. The summed E-state index contributed by atoms with van der Waals surface area (Å²) in [6.07, 6.45) is 1.13. The Labute approximate surface area is 106 Å². The van der Waals surface area contributed by atoms with Gasteiger partial charge in [-0.1, -0.05) is 12.1 Å². The highest BCUT2D eigenvalue weighted by molar-refractivity contribution is 7.90. The first-order valence-electron chi connectivity index (χ1n) is 5.03. The first-order chi connectivity index (χ1) is 7.92. The molecule has 6 heteroatoms. The van der Waals surface area contributed by atoms with Crippen LogP contribution in [0.2, 0.25) is 0 Å². The van der Waals surface area contributed by atoms with E-state index in [0.717, 1.165) is 11.8 Å². The van der Waals surface area contributed by atoms with Crippen molar-refractivity contribution >= 4 is 27.3 Å². The molecular weight excluding hydrogens is 262 g/mol. The average Bonchev–Trinajstić information content (AvgIpc) is 2.27. The van der Waals surface area contributed by atoms with Crippen LogP contribution in [0.4, 0.5) is 0 Å². The van der Waals surface area contributed by atoms with Crippen molar-refractivity contribution < 1.29 is 13.2 Å². The van der Waals surface area contributed by atoms with E-state index in [0.29, 0.717) is 11.4 Å². The number of hydrogen-bond donors (Lipinski definition) is 1. The molecule has 0 saturated carbocycles. The van der Waals surface area contributed by atoms with Gasteiger partial charge < -0.3 is 5.32 Å². The van der Waals surface area contributed by atoms with Gasteiger partial charge in [-0.25, -0.2) is 8.42 Å². The summed E-state index contributed by atoms with van der Waals surface area (Å²) in [5, 5.41) is 2.55. The number of nitrogens with one attached hydrogen (secondary N) is 1. The number of carbonyl (C=O) groups is 1. The summed E-state index contributed by atoms with van der Waals surface area (Å²) in [5.41, 5.74) is 1.33. The number of halogens is 1. The number of alkyl halides is 1. The lowest BCUT2D eigenvalue weighted by atomic mass is 10.1. The second kappa shape index (κ2) is 6.02. The lowest BCUT2D eigenvalue weighted by molar-refractivity contribution is 0.0956. The highest BCUT2D eigenvalue weighted by atomic mass is 35.5. The van der Waals surface area contributed by atoms with Crippen molar-refractivity contribution in [1.29, 1.82) is 0 Å². The summed E-state index contributed by atoms with van der Waals surface area (Å²) < 4.78 is 21.8. The van der Waals surface area contributed by atoms with Crippen molar-refractivity contribution in [2.75, 3.05) is 18.6 Å². The predicted molar refractivity (Wildman–Crippen MR) is 68.0 cm³/mol. The van der Waals surface area contributed by atoms with Gasteiger partial charge in [0.1, 0.15) is 9.84 Å². The van der Waals surface area contributed by atoms with Crippen LogP contribution >= 0.6 is 11.6 Å². The van der Waals surface area contributed by atoms with Crippen LogP contribution in [0.15, 0.2) is 24.3 Å². The van der Waals surface area contributed by atoms with E-state index in [1.807, 2.05) is 6.07 Å². The molecule has 1 aromatic carbocycles. The van der Waals surface area contributed by atoms with Crippen LogP contribution in [-0.2, 0) is 15.7 Å². The van der Waals surface area contributed by atoms with Gasteiger partial charge in [-0.15, -0.1) is 11.6 Å². The van der Waals surface area contributed by atoms with E-state index in [4.69, 9.17) is 11.6 Å². The van der Waals surface area contributed by atoms with Gasteiger partial charge >= 0.3 is 0 Å². The van der Waals surface area contributed by atoms with E-state index in [1.54, 1.807) is 18.2 Å². The molecule has 0 aliphatic rings. The van der Waals surface area contributed by atoms with Crippen LogP contribution in [0.5, 0.6) is 0 Å². The zero-order valence-electron chi connectivity index (χ0n) is 9.44. The van der Waals surface area contributed by atoms with Crippen molar-refractivity contribution in [3.05, 3.63) is 35.4 Å². The second-order valence-electron chi connectivity index (χ2n) is 3.72. The maximum Gasteiger partial charge on any atom is 0.251 e. The number of carbonyl (C=O) groups excluding carboxylic acids is 1. The SMILES string of the molecule is CS(=O)(=O)CCNC(=O)c1cccc(CCl)c1. The summed E-state index contributed by atoms with van der Waals surface area (Å²) >= 11 is 5.66. The zero-order valence-corrected chi connectivity index (χ0v) is 11.0. The standard InChI is InChI=1S/C11H14ClNO3S/c1-17(15,16)6-5-13-11(14)10-4-2-3-9(7-10)8-12/h2-4,7H,5-6,8H2,1H3,(H,13,14). The van der Waals surface area contributed by atoms with Crippen LogP contribution in [0.25, 0.3) is 0 Å². The van der Waals surface area contributed by atoms with Gasteiger partial charge in [0.15, 0.2) is 0 Å². The molecule has 1 aromatic rings. The summed E-state index contributed by atoms with van der Waals surface area (Å²) in [5.74, 6) is -0.0149. The lowest BCUT2D eigenvalue weighted by Gasteiger charge is -2.05. The molecule has 0 bridgehead atoms. The number of amides is 1. The topological polar surface area (TPSA) is 63.2 Å². The number of benzene rings is 1. The van der Waals surface area contributed by atoms with Crippen LogP contribution < -0.4 is 5.32 Å². The van der Waals surface area contributed by atoms with Gasteiger partial charge in [0.2, 0.25) is 0 Å². The average molecular weight is 276 g/mol. The Hall–Kier alpha value is -1.07. The Bertz CT molecular complexity index is 499. The first kappa shape index (κ1) is 14.0. The molecule has 0 saturated heterocycles. The summed E-state index contributed by atoms with van der Waals surface area (Å²) in [7, 11) is -3.05. The quantitative estimate of drug-likeness (QED) is 0.822. The molecular formula is C11H14ClNO3S. The molecule has 0 aliphatic carbocycles. The fourth-order valence-corrected chi connectivity index (χ4v) is 1.89. The minimum absolute atomic E-state index is 0.0616. The molecule has 17 heavy (non-hydrogen) atoms. The van der Waals surface area contributed by atoms with Crippen LogP contribution in [-0.4, -0.2) is 32.9 Å². The molecule has 0 fully saturated rings. The van der Waals surface area contributed by atoms with E-state index in [-0.39, 0.29) is 18.2 Å². The molecule has 0 atom stereocenters. The third kappa shape index (κ3) is 5.19. The smallest absolute Gasteiger partial charge is 0.251 e. The molecule has 0 heterocycles. The summed E-state index contributed by atoms with van der Waals surface area (Å²) in [6.45, 7) is 0.114. The highest BCUT2D eigenvalue weighted by Crippen LogP contribution is 2.07. The van der Waals surface area contributed by atoms with Gasteiger partial charge in [-0.2, -0.15) is 0 Å². The van der Waals surface area contributed by atoms with Gasteiger partial charge in [0.05, 0.1) is 5.75 Å². The Morgan fingerprint density at radius 3 is 2.71 bits per heavy atom. The maximum atomic E-state index is 11.6. The Morgan fingerprint density at radius 2 is 2.12 bits per heavy atom. The molecule has 1 rings (SSSR count). The molecule has 94 valence electrons. The van der Waals surface area contributed by atoms with Crippen LogP contribution in [0, 0.1) is 0 Å². The van der Waals surface area contributed by atoms with Crippen LogP contribution in [0.3, 0.4) is 0 Å². The lowest BCUT2D eigenvalue weighted by Crippen LogP contribution is -2.28. The second-order valence-corrected chi connectivity index (χ2v) is 6.25. The molecule has 0 aliphatic heterocycles. The van der Waals surface area contributed by atoms with E-state index >= 15 is 0 Å². The fraction of sp³-hybridized carbons (Fsp3) is 0.364.